The molecule has 1 heterocycles. The van der Waals surface area contributed by atoms with Gasteiger partial charge in [-0.3, -0.25) is 0 Å². The van der Waals surface area contributed by atoms with Crippen LogP contribution in [0.1, 0.15) is 6.92 Å². The van der Waals surface area contributed by atoms with E-state index in [9.17, 15) is 0 Å². The van der Waals surface area contributed by atoms with E-state index in [1.54, 1.807) is 0 Å². The van der Waals surface area contributed by atoms with Gasteiger partial charge in [-0.25, -0.2) is 0 Å². The molecule has 2 atom stereocenters. The highest BCUT2D eigenvalue weighted by Gasteiger charge is 2.22. The summed E-state index contributed by atoms with van der Waals surface area (Å²) in [5.41, 5.74) is 5.31. The average molecular weight is 131 g/mol. The number of nitrogens with two attached hydrogens (primary N) is 1. The summed E-state index contributed by atoms with van der Waals surface area (Å²) in [6.07, 6.45) is 0.535. The topological polar surface area (TPSA) is 47.8 Å². The molecule has 1 aliphatic rings. The second-order valence-corrected chi connectivity index (χ2v) is 2.33. The maximum atomic E-state index is 5.31. The Kier molecular flexibility index (Phi) is 2.45. The van der Waals surface area contributed by atoms with Crippen molar-refractivity contribution in [1.82, 2.24) is 0 Å². The Hall–Kier alpha value is -0.120. The van der Waals surface area contributed by atoms with Gasteiger partial charge in [-0.2, -0.15) is 0 Å². The van der Waals surface area contributed by atoms with Crippen molar-refractivity contribution in [3.05, 3.63) is 0 Å². The molecule has 1 fully saturated rings. The lowest BCUT2D eigenvalue weighted by Crippen LogP contribution is -2.21. The summed E-state index contributed by atoms with van der Waals surface area (Å²) in [6.45, 7) is 4.12. The Morgan fingerprint density at radius 1 is 1.89 bits per heavy atom. The third kappa shape index (κ3) is 2.79. The van der Waals surface area contributed by atoms with E-state index < -0.39 is 0 Å². The van der Waals surface area contributed by atoms with Gasteiger partial charge in [0, 0.05) is 6.54 Å². The number of hydrogen-bond donors (Lipinski definition) is 1. The summed E-state index contributed by atoms with van der Waals surface area (Å²) in [7, 11) is 0. The van der Waals surface area contributed by atoms with E-state index in [0.717, 1.165) is 6.61 Å². The zero-order valence-electron chi connectivity index (χ0n) is 5.67. The number of ether oxygens (including phenoxy) is 2. The van der Waals surface area contributed by atoms with Crippen LogP contribution in [0.25, 0.3) is 0 Å². The van der Waals surface area contributed by atoms with Gasteiger partial charge in [-0.1, -0.05) is 0 Å². The molecule has 1 rings (SSSR count). The largest absolute Gasteiger partial charge is 0.374 e. The maximum Gasteiger partial charge on any atom is 0.104 e. The molecule has 0 aromatic carbocycles. The smallest absolute Gasteiger partial charge is 0.104 e. The van der Waals surface area contributed by atoms with Crippen LogP contribution in [0.3, 0.4) is 0 Å². The lowest BCUT2D eigenvalue weighted by atomic mass is 10.4. The van der Waals surface area contributed by atoms with Gasteiger partial charge >= 0.3 is 0 Å². The standard InChI is InChI=1S/C6H13NO2/c1-5(2-7)8-3-6-4-9-6/h5-6H,2-4,7H2,1H3. The minimum Gasteiger partial charge on any atom is -0.374 e. The molecule has 0 amide bonds. The Morgan fingerprint density at radius 3 is 3.00 bits per heavy atom. The lowest BCUT2D eigenvalue weighted by molar-refractivity contribution is 0.0599. The SMILES string of the molecule is CC(CN)OCC1CO1. The summed E-state index contributed by atoms with van der Waals surface area (Å²) in [5.74, 6) is 0. The molecule has 0 aliphatic carbocycles. The maximum absolute atomic E-state index is 5.31. The summed E-state index contributed by atoms with van der Waals surface area (Å²) >= 11 is 0. The van der Waals surface area contributed by atoms with Crippen molar-refractivity contribution >= 4 is 0 Å². The van der Waals surface area contributed by atoms with Crippen molar-refractivity contribution in [3.8, 4) is 0 Å². The van der Waals surface area contributed by atoms with Gasteiger partial charge in [0.25, 0.3) is 0 Å². The molecule has 3 heteroatoms. The molecule has 54 valence electrons. The molecule has 0 saturated carbocycles. The molecule has 0 aromatic heterocycles. The van der Waals surface area contributed by atoms with Gasteiger partial charge in [0.15, 0.2) is 0 Å². The van der Waals surface area contributed by atoms with E-state index in [-0.39, 0.29) is 6.10 Å². The second kappa shape index (κ2) is 3.15. The van der Waals surface area contributed by atoms with E-state index in [4.69, 9.17) is 15.2 Å². The van der Waals surface area contributed by atoms with Crippen molar-refractivity contribution in [1.29, 1.82) is 0 Å². The van der Waals surface area contributed by atoms with Gasteiger partial charge < -0.3 is 15.2 Å². The van der Waals surface area contributed by atoms with Crippen molar-refractivity contribution in [2.75, 3.05) is 19.8 Å². The third-order valence-corrected chi connectivity index (χ3v) is 1.30. The first kappa shape index (κ1) is 6.99. The fourth-order valence-electron chi connectivity index (χ4n) is 0.504. The molecule has 0 bridgehead atoms. The minimum absolute atomic E-state index is 0.175. The first-order chi connectivity index (χ1) is 4.33. The van der Waals surface area contributed by atoms with Crippen LogP contribution in [-0.2, 0) is 9.47 Å². The molecule has 0 aromatic rings. The molecule has 2 N–H and O–H groups in total. The fraction of sp³-hybridized carbons (Fsp3) is 1.00. The highest BCUT2D eigenvalue weighted by atomic mass is 16.6. The van der Waals surface area contributed by atoms with E-state index in [1.807, 2.05) is 6.92 Å². The first-order valence-corrected chi connectivity index (χ1v) is 3.26. The Labute approximate surface area is 55.1 Å². The van der Waals surface area contributed by atoms with Gasteiger partial charge in [0.1, 0.15) is 6.10 Å². The van der Waals surface area contributed by atoms with Crippen LogP contribution in [-0.4, -0.2) is 32.0 Å². The van der Waals surface area contributed by atoms with Gasteiger partial charge in [0.2, 0.25) is 0 Å². The predicted octanol–water partition coefficient (Wildman–Crippen LogP) is -0.251. The normalized spacial score (nSPS) is 28.0. The lowest BCUT2D eigenvalue weighted by Gasteiger charge is -2.07. The minimum atomic E-state index is 0.175. The molecule has 9 heavy (non-hydrogen) atoms. The van der Waals surface area contributed by atoms with E-state index >= 15 is 0 Å². The highest BCUT2D eigenvalue weighted by Crippen LogP contribution is 2.09. The van der Waals surface area contributed by atoms with Crippen LogP contribution in [0, 0.1) is 0 Å². The van der Waals surface area contributed by atoms with Crippen LogP contribution < -0.4 is 5.73 Å². The molecule has 0 spiro atoms. The van der Waals surface area contributed by atoms with Gasteiger partial charge in [-0.15, -0.1) is 0 Å². The third-order valence-electron chi connectivity index (χ3n) is 1.30. The van der Waals surface area contributed by atoms with Crippen molar-refractivity contribution in [3.63, 3.8) is 0 Å². The summed E-state index contributed by atoms with van der Waals surface area (Å²) in [4.78, 5) is 0. The molecule has 2 unspecified atom stereocenters. The first-order valence-electron chi connectivity index (χ1n) is 3.26. The van der Waals surface area contributed by atoms with Crippen LogP contribution in [0.15, 0.2) is 0 Å². The van der Waals surface area contributed by atoms with E-state index in [1.165, 1.54) is 0 Å². The average Bonchev–Trinajstić information content (AvgIpc) is 2.65. The summed E-state index contributed by atoms with van der Waals surface area (Å²) in [6, 6.07) is 0. The summed E-state index contributed by atoms with van der Waals surface area (Å²) in [5, 5.41) is 0. The predicted molar refractivity (Wildman–Crippen MR) is 34.2 cm³/mol. The zero-order chi connectivity index (χ0) is 6.69. The quantitative estimate of drug-likeness (QED) is 0.535. The van der Waals surface area contributed by atoms with E-state index in [2.05, 4.69) is 0 Å². The highest BCUT2D eigenvalue weighted by molar-refractivity contribution is 4.68. The Balaban J connectivity index is 1.90. The van der Waals surface area contributed by atoms with Crippen LogP contribution >= 0.6 is 0 Å². The number of rotatable bonds is 4. The zero-order valence-corrected chi connectivity index (χ0v) is 5.67. The molecule has 1 saturated heterocycles. The Bertz CT molecular complexity index is 83.1. The van der Waals surface area contributed by atoms with Crippen LogP contribution in [0.4, 0.5) is 0 Å². The van der Waals surface area contributed by atoms with Crippen molar-refractivity contribution in [2.45, 2.75) is 19.1 Å². The van der Waals surface area contributed by atoms with E-state index in [0.29, 0.717) is 19.3 Å². The molecular weight excluding hydrogens is 118 g/mol. The van der Waals surface area contributed by atoms with Crippen LogP contribution in [0.5, 0.6) is 0 Å². The van der Waals surface area contributed by atoms with Crippen molar-refractivity contribution < 1.29 is 9.47 Å². The Morgan fingerprint density at radius 2 is 2.56 bits per heavy atom. The molecule has 1 aliphatic heterocycles. The molecular formula is C6H13NO2. The molecule has 3 nitrogen and oxygen atoms in total. The van der Waals surface area contributed by atoms with Crippen molar-refractivity contribution in [2.24, 2.45) is 5.73 Å². The second-order valence-electron chi connectivity index (χ2n) is 2.33. The number of epoxide rings is 1. The molecule has 0 radical (unpaired) electrons. The summed E-state index contributed by atoms with van der Waals surface area (Å²) < 4.78 is 10.2. The van der Waals surface area contributed by atoms with Gasteiger partial charge in [0.05, 0.1) is 19.3 Å². The number of hydrogen-bond acceptors (Lipinski definition) is 3. The monoisotopic (exact) mass is 131 g/mol. The fourth-order valence-corrected chi connectivity index (χ4v) is 0.504. The van der Waals surface area contributed by atoms with Gasteiger partial charge in [-0.05, 0) is 6.92 Å². The van der Waals surface area contributed by atoms with Crippen LogP contribution in [0.2, 0.25) is 0 Å².